The molecular formula is C14H11BrClNO3. The average molecular weight is 357 g/mol. The fourth-order valence-corrected chi connectivity index (χ4v) is 2.36. The number of halogens is 2. The van der Waals surface area contributed by atoms with Gasteiger partial charge in [-0.25, -0.2) is 0 Å². The van der Waals surface area contributed by atoms with Gasteiger partial charge in [0.1, 0.15) is 5.75 Å². The molecule has 0 aliphatic carbocycles. The SMILES string of the molecule is Cc1cc(CCl)ccc1Oc1c(Br)cccc1[N+](=O)[O-]. The Morgan fingerprint density at radius 1 is 1.35 bits per heavy atom. The van der Waals surface area contributed by atoms with Gasteiger partial charge in [0.25, 0.3) is 0 Å². The van der Waals surface area contributed by atoms with Gasteiger partial charge in [-0.2, -0.15) is 0 Å². The second-order valence-corrected chi connectivity index (χ2v) is 5.30. The number of ether oxygens (including phenoxy) is 1. The molecule has 6 heteroatoms. The second-order valence-electron chi connectivity index (χ2n) is 4.18. The fraction of sp³-hybridized carbons (Fsp3) is 0.143. The Balaban J connectivity index is 2.42. The zero-order valence-corrected chi connectivity index (χ0v) is 12.9. The van der Waals surface area contributed by atoms with Crippen molar-refractivity contribution in [2.24, 2.45) is 0 Å². The van der Waals surface area contributed by atoms with Crippen molar-refractivity contribution < 1.29 is 9.66 Å². The number of nitrogens with zero attached hydrogens (tertiary/aromatic N) is 1. The summed E-state index contributed by atoms with van der Waals surface area (Å²) in [5.41, 5.74) is 1.76. The van der Waals surface area contributed by atoms with Crippen LogP contribution in [0.2, 0.25) is 0 Å². The van der Waals surface area contributed by atoms with Crippen molar-refractivity contribution in [3.05, 3.63) is 62.1 Å². The predicted molar refractivity (Wildman–Crippen MR) is 81.6 cm³/mol. The van der Waals surface area contributed by atoms with Gasteiger partial charge in [0, 0.05) is 11.9 Å². The molecule has 0 saturated heterocycles. The van der Waals surface area contributed by atoms with Crippen LogP contribution in [0.5, 0.6) is 11.5 Å². The second kappa shape index (κ2) is 6.24. The molecule has 0 fully saturated rings. The maximum absolute atomic E-state index is 11.0. The van der Waals surface area contributed by atoms with E-state index in [-0.39, 0.29) is 11.4 Å². The van der Waals surface area contributed by atoms with Crippen molar-refractivity contribution in [2.75, 3.05) is 0 Å². The summed E-state index contributed by atoms with van der Waals surface area (Å²) in [6, 6.07) is 10.2. The van der Waals surface area contributed by atoms with Crippen LogP contribution in [-0.4, -0.2) is 4.92 Å². The zero-order chi connectivity index (χ0) is 14.7. The van der Waals surface area contributed by atoms with Crippen molar-refractivity contribution in [1.82, 2.24) is 0 Å². The lowest BCUT2D eigenvalue weighted by molar-refractivity contribution is -0.385. The summed E-state index contributed by atoms with van der Waals surface area (Å²) >= 11 is 9.04. The van der Waals surface area contributed by atoms with Gasteiger partial charge in [-0.1, -0.05) is 18.2 Å². The number of alkyl halides is 1. The maximum atomic E-state index is 11.0. The number of hydrogen-bond acceptors (Lipinski definition) is 3. The number of para-hydroxylation sites is 1. The third-order valence-corrected chi connectivity index (χ3v) is 3.68. The first-order valence-electron chi connectivity index (χ1n) is 5.79. The van der Waals surface area contributed by atoms with E-state index in [0.29, 0.717) is 16.1 Å². The minimum Gasteiger partial charge on any atom is -0.449 e. The lowest BCUT2D eigenvalue weighted by Gasteiger charge is -2.11. The molecule has 0 amide bonds. The Hall–Kier alpha value is -1.59. The maximum Gasteiger partial charge on any atom is 0.312 e. The largest absolute Gasteiger partial charge is 0.449 e. The quantitative estimate of drug-likeness (QED) is 0.430. The molecule has 0 heterocycles. The topological polar surface area (TPSA) is 52.4 Å². The molecule has 104 valence electrons. The molecule has 2 aromatic rings. The lowest BCUT2D eigenvalue weighted by atomic mass is 10.1. The number of nitro benzene ring substituents is 1. The van der Waals surface area contributed by atoms with E-state index >= 15 is 0 Å². The minimum atomic E-state index is -0.470. The zero-order valence-electron chi connectivity index (χ0n) is 10.6. The third kappa shape index (κ3) is 3.11. The van der Waals surface area contributed by atoms with Gasteiger partial charge < -0.3 is 4.74 Å². The molecule has 0 saturated carbocycles. The monoisotopic (exact) mass is 355 g/mol. The molecule has 4 nitrogen and oxygen atoms in total. The number of aryl methyl sites for hydroxylation is 1. The van der Waals surface area contributed by atoms with Gasteiger partial charge in [-0.3, -0.25) is 10.1 Å². The van der Waals surface area contributed by atoms with E-state index in [9.17, 15) is 10.1 Å². The summed E-state index contributed by atoms with van der Waals surface area (Å²) in [7, 11) is 0. The van der Waals surface area contributed by atoms with Crippen LogP contribution in [0, 0.1) is 17.0 Å². The van der Waals surface area contributed by atoms with Gasteiger partial charge >= 0.3 is 5.69 Å². The van der Waals surface area contributed by atoms with E-state index in [1.54, 1.807) is 18.2 Å². The number of benzene rings is 2. The van der Waals surface area contributed by atoms with Crippen molar-refractivity contribution in [3.8, 4) is 11.5 Å². The van der Waals surface area contributed by atoms with Gasteiger partial charge in [0.05, 0.1) is 9.40 Å². The first-order chi connectivity index (χ1) is 9.52. The van der Waals surface area contributed by atoms with Crippen molar-refractivity contribution in [2.45, 2.75) is 12.8 Å². The molecule has 0 atom stereocenters. The number of rotatable bonds is 4. The Morgan fingerprint density at radius 2 is 2.10 bits per heavy atom. The molecule has 0 spiro atoms. The lowest BCUT2D eigenvalue weighted by Crippen LogP contribution is -1.95. The van der Waals surface area contributed by atoms with Crippen molar-refractivity contribution >= 4 is 33.2 Å². The third-order valence-electron chi connectivity index (χ3n) is 2.75. The Kier molecular flexibility index (Phi) is 4.62. The van der Waals surface area contributed by atoms with E-state index in [1.165, 1.54) is 6.07 Å². The van der Waals surface area contributed by atoms with Crippen LogP contribution in [0.3, 0.4) is 0 Å². The molecule has 0 bridgehead atoms. The summed E-state index contributed by atoms with van der Waals surface area (Å²) in [6.45, 7) is 1.87. The summed E-state index contributed by atoms with van der Waals surface area (Å²) in [5, 5.41) is 11.0. The number of hydrogen-bond donors (Lipinski definition) is 0. The first-order valence-corrected chi connectivity index (χ1v) is 7.12. The molecule has 20 heavy (non-hydrogen) atoms. The van der Waals surface area contributed by atoms with Crippen molar-refractivity contribution in [1.29, 1.82) is 0 Å². The van der Waals surface area contributed by atoms with Crippen LogP contribution >= 0.6 is 27.5 Å². The van der Waals surface area contributed by atoms with Gasteiger partial charge in [-0.05, 0) is 46.1 Å². The summed E-state index contributed by atoms with van der Waals surface area (Å²) in [4.78, 5) is 10.6. The fourth-order valence-electron chi connectivity index (χ4n) is 1.76. The molecule has 0 radical (unpaired) electrons. The van der Waals surface area contributed by atoms with Gasteiger partial charge in [-0.15, -0.1) is 11.6 Å². The van der Waals surface area contributed by atoms with E-state index in [2.05, 4.69) is 15.9 Å². The highest BCUT2D eigenvalue weighted by Crippen LogP contribution is 2.38. The van der Waals surface area contributed by atoms with E-state index in [1.807, 2.05) is 19.1 Å². The highest BCUT2D eigenvalue weighted by molar-refractivity contribution is 9.10. The Morgan fingerprint density at radius 3 is 2.70 bits per heavy atom. The van der Waals surface area contributed by atoms with Crippen LogP contribution in [0.25, 0.3) is 0 Å². The van der Waals surface area contributed by atoms with E-state index in [0.717, 1.165) is 11.1 Å². The molecule has 0 aliphatic heterocycles. The summed E-state index contributed by atoms with van der Waals surface area (Å²) < 4.78 is 6.23. The Bertz CT molecular complexity index is 661. The molecule has 0 aromatic heterocycles. The number of nitro groups is 1. The van der Waals surface area contributed by atoms with E-state index < -0.39 is 4.92 Å². The van der Waals surface area contributed by atoms with Crippen LogP contribution in [-0.2, 0) is 5.88 Å². The van der Waals surface area contributed by atoms with E-state index in [4.69, 9.17) is 16.3 Å². The normalized spacial score (nSPS) is 10.3. The molecule has 2 aromatic carbocycles. The molecule has 2 rings (SSSR count). The Labute approximate surface area is 129 Å². The van der Waals surface area contributed by atoms with Gasteiger partial charge in [0.15, 0.2) is 0 Å². The molecule has 0 aliphatic rings. The smallest absolute Gasteiger partial charge is 0.312 e. The standard InChI is InChI=1S/C14H11BrClNO3/c1-9-7-10(8-16)5-6-13(9)20-14-11(15)3-2-4-12(14)17(18)19/h2-7H,8H2,1H3. The molecule has 0 unspecified atom stereocenters. The first kappa shape index (κ1) is 14.8. The minimum absolute atomic E-state index is 0.0832. The highest BCUT2D eigenvalue weighted by atomic mass is 79.9. The summed E-state index contributed by atoms with van der Waals surface area (Å²) in [6.07, 6.45) is 0. The molecule has 0 N–H and O–H groups in total. The average Bonchev–Trinajstić information content (AvgIpc) is 2.42. The van der Waals surface area contributed by atoms with Crippen LogP contribution < -0.4 is 4.74 Å². The predicted octanol–water partition coefficient (Wildman–Crippen LogP) is 5.20. The summed E-state index contributed by atoms with van der Waals surface area (Å²) in [5.74, 6) is 1.17. The van der Waals surface area contributed by atoms with Crippen LogP contribution in [0.1, 0.15) is 11.1 Å². The van der Waals surface area contributed by atoms with Crippen LogP contribution in [0.4, 0.5) is 5.69 Å². The van der Waals surface area contributed by atoms with Gasteiger partial charge in [0.2, 0.25) is 5.75 Å². The van der Waals surface area contributed by atoms with Crippen molar-refractivity contribution in [3.63, 3.8) is 0 Å². The van der Waals surface area contributed by atoms with Crippen LogP contribution in [0.15, 0.2) is 40.9 Å². The molecular weight excluding hydrogens is 346 g/mol. The highest BCUT2D eigenvalue weighted by Gasteiger charge is 2.19.